The molecule has 0 saturated heterocycles. The van der Waals surface area contributed by atoms with Gasteiger partial charge in [0.25, 0.3) is 0 Å². The monoisotopic (exact) mass is 231 g/mol. The Hall–Kier alpha value is -1.49. The van der Waals surface area contributed by atoms with E-state index < -0.39 is 0 Å². The lowest BCUT2D eigenvalue weighted by atomic mass is 10.0. The molecule has 0 bridgehead atoms. The lowest BCUT2D eigenvalue weighted by Crippen LogP contribution is -2.31. The fourth-order valence-electron chi connectivity index (χ4n) is 2.02. The molecule has 0 aliphatic carbocycles. The van der Waals surface area contributed by atoms with E-state index in [1.54, 1.807) is 7.11 Å². The number of rotatable bonds is 4. The SMILES string of the molecule is COCC(NN)c1cc(C)nc2ccccc12. The number of nitrogens with zero attached hydrogens (tertiary/aromatic N) is 1. The van der Waals surface area contributed by atoms with Crippen LogP contribution in [0, 0.1) is 6.92 Å². The van der Waals surface area contributed by atoms with Gasteiger partial charge in [0, 0.05) is 18.2 Å². The van der Waals surface area contributed by atoms with Gasteiger partial charge in [-0.3, -0.25) is 16.3 Å². The summed E-state index contributed by atoms with van der Waals surface area (Å²) in [6.45, 7) is 2.51. The van der Waals surface area contributed by atoms with Crippen LogP contribution in [0.3, 0.4) is 0 Å². The molecule has 4 nitrogen and oxygen atoms in total. The van der Waals surface area contributed by atoms with Crippen molar-refractivity contribution < 1.29 is 4.74 Å². The maximum absolute atomic E-state index is 5.58. The van der Waals surface area contributed by atoms with E-state index in [2.05, 4.69) is 16.5 Å². The first kappa shape index (κ1) is 12.0. The summed E-state index contributed by atoms with van der Waals surface area (Å²) in [6.07, 6.45) is 0. The molecule has 0 fully saturated rings. The third-order valence-corrected chi connectivity index (χ3v) is 2.79. The van der Waals surface area contributed by atoms with Gasteiger partial charge in [-0.15, -0.1) is 0 Å². The predicted octanol–water partition coefficient (Wildman–Crippen LogP) is 1.69. The molecule has 0 saturated carbocycles. The zero-order valence-corrected chi connectivity index (χ0v) is 10.1. The summed E-state index contributed by atoms with van der Waals surface area (Å²) in [4.78, 5) is 4.50. The Morgan fingerprint density at radius 2 is 2.18 bits per heavy atom. The van der Waals surface area contributed by atoms with Crippen molar-refractivity contribution in [3.05, 3.63) is 41.6 Å². The van der Waals surface area contributed by atoms with Crippen molar-refractivity contribution in [3.8, 4) is 0 Å². The van der Waals surface area contributed by atoms with Crippen LogP contribution in [0.4, 0.5) is 0 Å². The Morgan fingerprint density at radius 1 is 1.41 bits per heavy atom. The van der Waals surface area contributed by atoms with Crippen molar-refractivity contribution in [2.45, 2.75) is 13.0 Å². The van der Waals surface area contributed by atoms with Gasteiger partial charge in [0.1, 0.15) is 0 Å². The minimum atomic E-state index is -0.0217. The Bertz CT molecular complexity index is 513. The number of pyridine rings is 1. The summed E-state index contributed by atoms with van der Waals surface area (Å²) < 4.78 is 5.18. The van der Waals surface area contributed by atoms with E-state index in [1.165, 1.54) is 0 Å². The van der Waals surface area contributed by atoms with Gasteiger partial charge in [0.2, 0.25) is 0 Å². The average Bonchev–Trinajstić information content (AvgIpc) is 2.35. The molecule has 0 amide bonds. The molecule has 1 aromatic heterocycles. The first-order chi connectivity index (χ1) is 8.26. The molecule has 0 aliphatic heterocycles. The molecule has 2 rings (SSSR count). The molecular formula is C13H17N3O. The summed E-state index contributed by atoms with van der Waals surface area (Å²) in [5.74, 6) is 5.58. The average molecular weight is 231 g/mol. The lowest BCUT2D eigenvalue weighted by Gasteiger charge is -2.17. The van der Waals surface area contributed by atoms with E-state index in [-0.39, 0.29) is 6.04 Å². The first-order valence-corrected chi connectivity index (χ1v) is 5.57. The number of methoxy groups -OCH3 is 1. The highest BCUT2D eigenvalue weighted by molar-refractivity contribution is 5.82. The van der Waals surface area contributed by atoms with Crippen LogP contribution in [-0.4, -0.2) is 18.7 Å². The van der Waals surface area contributed by atoms with Gasteiger partial charge in [-0.25, -0.2) is 0 Å². The number of para-hydroxylation sites is 1. The number of nitrogens with two attached hydrogens (primary N) is 1. The molecule has 1 aromatic carbocycles. The molecule has 0 aliphatic rings. The normalized spacial score (nSPS) is 12.9. The number of fused-ring (bicyclic) bond motifs is 1. The number of ether oxygens (including phenoxy) is 1. The fourth-order valence-corrected chi connectivity index (χ4v) is 2.02. The van der Waals surface area contributed by atoms with Crippen LogP contribution in [0.1, 0.15) is 17.3 Å². The van der Waals surface area contributed by atoms with Gasteiger partial charge in [0.05, 0.1) is 18.2 Å². The minimum Gasteiger partial charge on any atom is -0.383 e. The van der Waals surface area contributed by atoms with Crippen LogP contribution in [-0.2, 0) is 4.74 Å². The first-order valence-electron chi connectivity index (χ1n) is 5.57. The number of hydrazine groups is 1. The van der Waals surface area contributed by atoms with E-state index >= 15 is 0 Å². The molecule has 0 radical (unpaired) electrons. The number of hydrogen-bond donors (Lipinski definition) is 2. The molecule has 3 N–H and O–H groups in total. The summed E-state index contributed by atoms with van der Waals surface area (Å²) in [5, 5.41) is 1.11. The number of benzene rings is 1. The fraction of sp³-hybridized carbons (Fsp3) is 0.308. The number of hydrogen-bond acceptors (Lipinski definition) is 4. The maximum atomic E-state index is 5.58. The van der Waals surface area contributed by atoms with Crippen molar-refractivity contribution >= 4 is 10.9 Å². The van der Waals surface area contributed by atoms with Gasteiger partial charge in [-0.1, -0.05) is 18.2 Å². The van der Waals surface area contributed by atoms with E-state index in [0.29, 0.717) is 6.61 Å². The van der Waals surface area contributed by atoms with Gasteiger partial charge < -0.3 is 4.74 Å². The smallest absolute Gasteiger partial charge is 0.0708 e. The van der Waals surface area contributed by atoms with Crippen molar-refractivity contribution in [1.29, 1.82) is 0 Å². The van der Waals surface area contributed by atoms with E-state index in [0.717, 1.165) is 22.2 Å². The molecule has 0 spiro atoms. The highest BCUT2D eigenvalue weighted by Crippen LogP contribution is 2.23. The third kappa shape index (κ3) is 2.44. The van der Waals surface area contributed by atoms with Crippen molar-refractivity contribution in [2.75, 3.05) is 13.7 Å². The quantitative estimate of drug-likeness (QED) is 0.621. The summed E-state index contributed by atoms with van der Waals surface area (Å²) in [5.41, 5.74) is 5.88. The van der Waals surface area contributed by atoms with Crippen LogP contribution in [0.2, 0.25) is 0 Å². The summed E-state index contributed by atoms with van der Waals surface area (Å²) in [6, 6.07) is 10.1. The predicted molar refractivity (Wildman–Crippen MR) is 68.4 cm³/mol. The molecule has 90 valence electrons. The van der Waals surface area contributed by atoms with E-state index in [4.69, 9.17) is 10.6 Å². The van der Waals surface area contributed by atoms with Gasteiger partial charge in [0.15, 0.2) is 0 Å². The Kier molecular flexibility index (Phi) is 3.68. The van der Waals surface area contributed by atoms with Crippen LogP contribution in [0.25, 0.3) is 10.9 Å². The van der Waals surface area contributed by atoms with Crippen LogP contribution in [0.5, 0.6) is 0 Å². The van der Waals surface area contributed by atoms with E-state index in [9.17, 15) is 0 Å². The summed E-state index contributed by atoms with van der Waals surface area (Å²) >= 11 is 0. The highest BCUT2D eigenvalue weighted by Gasteiger charge is 2.13. The molecule has 2 aromatic rings. The number of aryl methyl sites for hydroxylation is 1. The third-order valence-electron chi connectivity index (χ3n) is 2.79. The Balaban J connectivity index is 2.58. The van der Waals surface area contributed by atoms with Gasteiger partial charge in [-0.05, 0) is 24.6 Å². The standard InChI is InChI=1S/C13H17N3O/c1-9-7-11(13(16-14)8-17-2)10-5-3-4-6-12(10)15-9/h3-7,13,16H,8,14H2,1-2H3. The summed E-state index contributed by atoms with van der Waals surface area (Å²) in [7, 11) is 1.67. The minimum absolute atomic E-state index is 0.0217. The van der Waals surface area contributed by atoms with Crippen molar-refractivity contribution in [3.63, 3.8) is 0 Å². The zero-order chi connectivity index (χ0) is 12.3. The Labute approximate surface area is 101 Å². The largest absolute Gasteiger partial charge is 0.383 e. The van der Waals surface area contributed by atoms with E-state index in [1.807, 2.05) is 31.2 Å². The van der Waals surface area contributed by atoms with Crippen LogP contribution >= 0.6 is 0 Å². The molecule has 1 heterocycles. The number of nitrogens with one attached hydrogen (secondary N) is 1. The topological polar surface area (TPSA) is 60.2 Å². The van der Waals surface area contributed by atoms with Gasteiger partial charge >= 0.3 is 0 Å². The Morgan fingerprint density at radius 3 is 2.88 bits per heavy atom. The van der Waals surface area contributed by atoms with Crippen molar-refractivity contribution in [2.24, 2.45) is 5.84 Å². The van der Waals surface area contributed by atoms with Crippen LogP contribution in [0.15, 0.2) is 30.3 Å². The molecule has 4 heteroatoms. The molecule has 17 heavy (non-hydrogen) atoms. The lowest BCUT2D eigenvalue weighted by molar-refractivity contribution is 0.168. The second-order valence-electron chi connectivity index (χ2n) is 4.04. The molecule has 1 atom stereocenters. The number of aromatic nitrogens is 1. The van der Waals surface area contributed by atoms with Crippen molar-refractivity contribution in [1.82, 2.24) is 10.4 Å². The molecule has 1 unspecified atom stereocenters. The van der Waals surface area contributed by atoms with Crippen LogP contribution < -0.4 is 11.3 Å². The molecular weight excluding hydrogens is 214 g/mol. The second kappa shape index (κ2) is 5.23. The second-order valence-corrected chi connectivity index (χ2v) is 4.04. The van der Waals surface area contributed by atoms with Gasteiger partial charge in [-0.2, -0.15) is 0 Å². The zero-order valence-electron chi connectivity index (χ0n) is 10.1. The maximum Gasteiger partial charge on any atom is 0.0708 e. The highest BCUT2D eigenvalue weighted by atomic mass is 16.5.